The molecule has 0 aliphatic carbocycles. The minimum Gasteiger partial charge on any atom is -0.469 e. The van der Waals surface area contributed by atoms with E-state index in [1.165, 1.54) is 0 Å². The second kappa shape index (κ2) is 6.43. The molecule has 2 rings (SSSR count). The predicted octanol–water partition coefficient (Wildman–Crippen LogP) is 3.38. The van der Waals surface area contributed by atoms with Crippen LogP contribution in [0.3, 0.4) is 0 Å². The zero-order valence-electron chi connectivity index (χ0n) is 10.7. The van der Waals surface area contributed by atoms with E-state index in [1.54, 1.807) is 18.4 Å². The Morgan fingerprint density at radius 1 is 1.32 bits per heavy atom. The van der Waals surface area contributed by atoms with Crippen molar-refractivity contribution in [3.05, 3.63) is 59.5 Å². The number of hydrogen-bond acceptors (Lipinski definition) is 2. The first kappa shape index (κ1) is 13.7. The van der Waals surface area contributed by atoms with E-state index in [0.717, 1.165) is 11.3 Å². The fourth-order valence-electron chi connectivity index (χ4n) is 1.83. The first-order valence-electron chi connectivity index (χ1n) is 6.17. The monoisotopic (exact) mass is 277 g/mol. The Hall–Kier alpha value is -1.74. The molecule has 0 saturated heterocycles. The molecule has 4 heteroatoms. The largest absolute Gasteiger partial charge is 0.469 e. The molecule has 0 aliphatic rings. The highest BCUT2D eigenvalue weighted by molar-refractivity contribution is 6.17. The third-order valence-electron chi connectivity index (χ3n) is 2.84. The number of halogens is 1. The highest BCUT2D eigenvalue weighted by Crippen LogP contribution is 2.08. The van der Waals surface area contributed by atoms with Crippen LogP contribution in [0.2, 0.25) is 0 Å². The van der Waals surface area contributed by atoms with Crippen LogP contribution in [0.5, 0.6) is 0 Å². The number of carbonyl (C=O) groups excluding carboxylic acids is 1. The van der Waals surface area contributed by atoms with Gasteiger partial charge in [-0.25, -0.2) is 0 Å². The lowest BCUT2D eigenvalue weighted by Crippen LogP contribution is -2.33. The maximum Gasteiger partial charge on any atom is 0.251 e. The van der Waals surface area contributed by atoms with Gasteiger partial charge in [0.25, 0.3) is 5.91 Å². The summed E-state index contributed by atoms with van der Waals surface area (Å²) in [6, 6.07) is 11.1. The van der Waals surface area contributed by atoms with Crippen LogP contribution in [0, 0.1) is 0 Å². The lowest BCUT2D eigenvalue weighted by Gasteiger charge is -2.12. The van der Waals surface area contributed by atoms with Crippen LogP contribution in [0.4, 0.5) is 0 Å². The van der Waals surface area contributed by atoms with Gasteiger partial charge in [0.1, 0.15) is 5.76 Å². The molecule has 1 aromatic heterocycles. The fourth-order valence-corrected chi connectivity index (χ4v) is 2.01. The third-order valence-corrected chi connectivity index (χ3v) is 3.14. The summed E-state index contributed by atoms with van der Waals surface area (Å²) >= 11 is 5.71. The van der Waals surface area contributed by atoms with Gasteiger partial charge in [0.2, 0.25) is 0 Å². The van der Waals surface area contributed by atoms with Crippen molar-refractivity contribution < 1.29 is 9.21 Å². The summed E-state index contributed by atoms with van der Waals surface area (Å²) < 4.78 is 5.26. The molecule has 0 saturated carbocycles. The summed E-state index contributed by atoms with van der Waals surface area (Å²) in [7, 11) is 0. The molecule has 0 aliphatic heterocycles. The molecule has 0 spiro atoms. The summed E-state index contributed by atoms with van der Waals surface area (Å²) in [6.45, 7) is 1.95. The summed E-state index contributed by atoms with van der Waals surface area (Å²) in [5.74, 6) is 1.24. The van der Waals surface area contributed by atoms with E-state index in [-0.39, 0.29) is 11.9 Å². The molecule has 0 fully saturated rings. The SMILES string of the molecule is CC(Cc1ccco1)NC(=O)c1ccc(CCl)cc1. The lowest BCUT2D eigenvalue weighted by atomic mass is 10.1. The van der Waals surface area contributed by atoms with Gasteiger partial charge < -0.3 is 9.73 Å². The lowest BCUT2D eigenvalue weighted by molar-refractivity contribution is 0.0939. The van der Waals surface area contributed by atoms with Crippen LogP contribution in [-0.4, -0.2) is 11.9 Å². The Kier molecular flexibility index (Phi) is 4.63. The van der Waals surface area contributed by atoms with Gasteiger partial charge in [0.05, 0.1) is 6.26 Å². The Bertz CT molecular complexity index is 520. The van der Waals surface area contributed by atoms with Crippen molar-refractivity contribution in [2.24, 2.45) is 0 Å². The fraction of sp³-hybridized carbons (Fsp3) is 0.267. The van der Waals surface area contributed by atoms with Crippen molar-refractivity contribution in [2.45, 2.75) is 25.3 Å². The van der Waals surface area contributed by atoms with Crippen LogP contribution in [0.15, 0.2) is 47.1 Å². The first-order chi connectivity index (χ1) is 9.19. The number of nitrogens with one attached hydrogen (secondary N) is 1. The maximum atomic E-state index is 12.0. The van der Waals surface area contributed by atoms with Crippen LogP contribution < -0.4 is 5.32 Å². The van der Waals surface area contributed by atoms with Gasteiger partial charge >= 0.3 is 0 Å². The average molecular weight is 278 g/mol. The van der Waals surface area contributed by atoms with Crippen molar-refractivity contribution in [2.75, 3.05) is 0 Å². The quantitative estimate of drug-likeness (QED) is 0.852. The van der Waals surface area contributed by atoms with Gasteiger partial charge in [-0.15, -0.1) is 11.6 Å². The number of furan rings is 1. The molecule has 2 aromatic rings. The van der Waals surface area contributed by atoms with Crippen molar-refractivity contribution in [1.29, 1.82) is 0 Å². The Morgan fingerprint density at radius 3 is 2.63 bits per heavy atom. The molecule has 0 bridgehead atoms. The zero-order valence-corrected chi connectivity index (χ0v) is 11.5. The number of amides is 1. The standard InChI is InChI=1S/C15H16ClNO2/c1-11(9-14-3-2-8-19-14)17-15(18)13-6-4-12(10-16)5-7-13/h2-8,11H,9-10H2,1H3,(H,17,18). The Labute approximate surface area is 117 Å². The second-order valence-corrected chi connectivity index (χ2v) is 4.76. The van der Waals surface area contributed by atoms with E-state index in [1.807, 2.05) is 31.2 Å². The number of alkyl halides is 1. The van der Waals surface area contributed by atoms with Gasteiger partial charge in [0.15, 0.2) is 0 Å². The Morgan fingerprint density at radius 2 is 2.05 bits per heavy atom. The zero-order chi connectivity index (χ0) is 13.7. The van der Waals surface area contributed by atoms with Crippen LogP contribution in [0.25, 0.3) is 0 Å². The van der Waals surface area contributed by atoms with Crippen LogP contribution >= 0.6 is 11.6 Å². The van der Waals surface area contributed by atoms with Crippen LogP contribution in [-0.2, 0) is 12.3 Å². The predicted molar refractivity (Wildman–Crippen MR) is 75.3 cm³/mol. The van der Waals surface area contributed by atoms with E-state index in [9.17, 15) is 4.79 Å². The molecule has 1 aromatic carbocycles. The number of benzene rings is 1. The van der Waals surface area contributed by atoms with Crippen molar-refractivity contribution in [3.8, 4) is 0 Å². The molecule has 1 N–H and O–H groups in total. The molecule has 3 nitrogen and oxygen atoms in total. The molecule has 1 atom stereocenters. The number of carbonyl (C=O) groups is 1. The van der Waals surface area contributed by atoms with Gasteiger partial charge in [-0.1, -0.05) is 12.1 Å². The summed E-state index contributed by atoms with van der Waals surface area (Å²) in [5.41, 5.74) is 1.64. The van der Waals surface area contributed by atoms with E-state index in [0.29, 0.717) is 17.9 Å². The van der Waals surface area contributed by atoms with Gasteiger partial charge in [-0.2, -0.15) is 0 Å². The summed E-state index contributed by atoms with van der Waals surface area (Å²) in [5, 5.41) is 2.94. The smallest absolute Gasteiger partial charge is 0.251 e. The normalized spacial score (nSPS) is 12.1. The Balaban J connectivity index is 1.92. The van der Waals surface area contributed by atoms with E-state index < -0.39 is 0 Å². The summed E-state index contributed by atoms with van der Waals surface area (Å²) in [4.78, 5) is 12.0. The topological polar surface area (TPSA) is 42.2 Å². The average Bonchev–Trinajstić information content (AvgIpc) is 2.91. The van der Waals surface area contributed by atoms with Crippen molar-refractivity contribution >= 4 is 17.5 Å². The van der Waals surface area contributed by atoms with Crippen molar-refractivity contribution in [1.82, 2.24) is 5.32 Å². The molecule has 0 radical (unpaired) electrons. The van der Waals surface area contributed by atoms with E-state index in [2.05, 4.69) is 5.32 Å². The molecule has 1 unspecified atom stereocenters. The number of hydrogen-bond donors (Lipinski definition) is 1. The summed E-state index contributed by atoms with van der Waals surface area (Å²) in [6.07, 6.45) is 2.31. The van der Waals surface area contributed by atoms with Crippen molar-refractivity contribution in [3.63, 3.8) is 0 Å². The third kappa shape index (κ3) is 3.86. The first-order valence-corrected chi connectivity index (χ1v) is 6.70. The molecule has 1 heterocycles. The molecule has 19 heavy (non-hydrogen) atoms. The minimum atomic E-state index is -0.0832. The van der Waals surface area contributed by atoms with Gasteiger partial charge in [0, 0.05) is 23.9 Å². The molecular weight excluding hydrogens is 262 g/mol. The van der Waals surface area contributed by atoms with Crippen LogP contribution in [0.1, 0.15) is 28.6 Å². The van der Waals surface area contributed by atoms with E-state index >= 15 is 0 Å². The molecular formula is C15H16ClNO2. The van der Waals surface area contributed by atoms with Gasteiger partial charge in [-0.05, 0) is 36.8 Å². The minimum absolute atomic E-state index is 0.0198. The second-order valence-electron chi connectivity index (χ2n) is 4.49. The maximum absolute atomic E-state index is 12.0. The number of rotatable bonds is 5. The highest BCUT2D eigenvalue weighted by Gasteiger charge is 2.11. The van der Waals surface area contributed by atoms with E-state index in [4.69, 9.17) is 16.0 Å². The van der Waals surface area contributed by atoms with Gasteiger partial charge in [-0.3, -0.25) is 4.79 Å². The molecule has 100 valence electrons. The molecule has 1 amide bonds. The highest BCUT2D eigenvalue weighted by atomic mass is 35.5.